The third-order valence-corrected chi connectivity index (χ3v) is 3.30. The summed E-state index contributed by atoms with van der Waals surface area (Å²) >= 11 is 3.07. The van der Waals surface area contributed by atoms with Gasteiger partial charge in [-0.05, 0) is 49.2 Å². The average molecular weight is 346 g/mol. The first-order valence-corrected chi connectivity index (χ1v) is 7.19. The van der Waals surface area contributed by atoms with Gasteiger partial charge in [0.15, 0.2) is 0 Å². The van der Waals surface area contributed by atoms with Gasteiger partial charge in [-0.2, -0.15) is 0 Å². The van der Waals surface area contributed by atoms with Gasteiger partial charge in [0.2, 0.25) is 0 Å². The fourth-order valence-electron chi connectivity index (χ4n) is 1.70. The molecule has 0 fully saturated rings. The van der Waals surface area contributed by atoms with E-state index in [1.165, 1.54) is 16.8 Å². The van der Waals surface area contributed by atoms with Crippen LogP contribution in [0.2, 0.25) is 0 Å². The molecule has 0 saturated carbocycles. The van der Waals surface area contributed by atoms with Crippen molar-refractivity contribution < 1.29 is 4.92 Å². The van der Waals surface area contributed by atoms with Crippen molar-refractivity contribution in [1.82, 2.24) is 9.88 Å². The summed E-state index contributed by atoms with van der Waals surface area (Å²) in [6, 6.07) is 1.23. The van der Waals surface area contributed by atoms with E-state index in [2.05, 4.69) is 42.0 Å². The molecule has 0 spiro atoms. The molecule has 0 amide bonds. The molecule has 1 unspecified atom stereocenters. The van der Waals surface area contributed by atoms with Crippen LogP contribution in [0.4, 0.5) is 5.69 Å². The number of nitro groups is 1. The van der Waals surface area contributed by atoms with E-state index >= 15 is 0 Å². The Morgan fingerprint density at radius 1 is 1.50 bits per heavy atom. The summed E-state index contributed by atoms with van der Waals surface area (Å²) in [5, 5.41) is 14.2. The number of hydrogen-bond donors (Lipinski definition) is 1. The summed E-state index contributed by atoms with van der Waals surface area (Å²) in [6.45, 7) is 9.36. The van der Waals surface area contributed by atoms with Gasteiger partial charge in [0.1, 0.15) is 0 Å². The summed E-state index contributed by atoms with van der Waals surface area (Å²) in [5.74, 6) is 0.181. The Hall–Kier alpha value is -1.21. The maximum absolute atomic E-state index is 12.0. The fraction of sp³-hybridized carbons (Fsp3) is 0.615. The Bertz CT molecular complexity index is 549. The standard InChI is InChI=1S/C13H20BrN3O3/c1-9(6-15-13(2,3)4)7-16-8-10(17(19)20)5-11(14)12(16)18/h5,8-9,15H,6-7H2,1-4H3. The zero-order valence-corrected chi connectivity index (χ0v) is 13.7. The van der Waals surface area contributed by atoms with Crippen LogP contribution in [0.25, 0.3) is 0 Å². The Morgan fingerprint density at radius 2 is 2.10 bits per heavy atom. The molecule has 1 rings (SSSR count). The normalized spacial score (nSPS) is 13.2. The van der Waals surface area contributed by atoms with Crippen molar-refractivity contribution >= 4 is 21.6 Å². The zero-order chi connectivity index (χ0) is 15.5. The molecule has 7 heteroatoms. The molecule has 20 heavy (non-hydrogen) atoms. The van der Waals surface area contributed by atoms with Crippen LogP contribution in [0.1, 0.15) is 27.7 Å². The van der Waals surface area contributed by atoms with E-state index in [4.69, 9.17) is 0 Å². The Kier molecular flexibility index (Phi) is 5.47. The van der Waals surface area contributed by atoms with Crippen LogP contribution in [0.3, 0.4) is 0 Å². The number of nitrogens with zero attached hydrogens (tertiary/aromatic N) is 2. The second-order valence-electron chi connectivity index (χ2n) is 6.00. The Morgan fingerprint density at radius 3 is 2.60 bits per heavy atom. The molecule has 112 valence electrons. The highest BCUT2D eigenvalue weighted by Crippen LogP contribution is 2.15. The molecular formula is C13H20BrN3O3. The molecule has 1 N–H and O–H groups in total. The molecule has 1 aromatic rings. The predicted molar refractivity (Wildman–Crippen MR) is 82.0 cm³/mol. The van der Waals surface area contributed by atoms with Gasteiger partial charge in [-0.25, -0.2) is 0 Å². The van der Waals surface area contributed by atoms with Crippen molar-refractivity contribution in [2.24, 2.45) is 5.92 Å². The van der Waals surface area contributed by atoms with Gasteiger partial charge in [0.25, 0.3) is 11.2 Å². The lowest BCUT2D eigenvalue weighted by molar-refractivity contribution is -0.385. The summed E-state index contributed by atoms with van der Waals surface area (Å²) in [5.41, 5.74) is -0.340. The third kappa shape index (κ3) is 5.05. The van der Waals surface area contributed by atoms with Gasteiger partial charge >= 0.3 is 0 Å². The van der Waals surface area contributed by atoms with Crippen molar-refractivity contribution in [3.8, 4) is 0 Å². The first-order valence-electron chi connectivity index (χ1n) is 6.39. The number of halogens is 1. The van der Waals surface area contributed by atoms with Crippen LogP contribution in [0, 0.1) is 16.0 Å². The van der Waals surface area contributed by atoms with Crippen molar-refractivity contribution in [2.45, 2.75) is 39.8 Å². The monoisotopic (exact) mass is 345 g/mol. The lowest BCUT2D eigenvalue weighted by Gasteiger charge is -2.23. The SMILES string of the molecule is CC(CNC(C)(C)C)Cn1cc([N+](=O)[O-])cc(Br)c1=O. The molecule has 1 atom stereocenters. The topological polar surface area (TPSA) is 77.2 Å². The van der Waals surface area contributed by atoms with Crippen LogP contribution in [-0.4, -0.2) is 21.6 Å². The van der Waals surface area contributed by atoms with Gasteiger partial charge in [0.05, 0.1) is 15.6 Å². The summed E-state index contributed by atoms with van der Waals surface area (Å²) < 4.78 is 1.60. The molecule has 1 heterocycles. The summed E-state index contributed by atoms with van der Waals surface area (Å²) in [6.07, 6.45) is 1.29. The van der Waals surface area contributed by atoms with Crippen LogP contribution >= 0.6 is 15.9 Å². The highest BCUT2D eigenvalue weighted by Gasteiger charge is 2.15. The lowest BCUT2D eigenvalue weighted by atomic mass is 10.1. The molecule has 0 aromatic carbocycles. The van der Waals surface area contributed by atoms with E-state index < -0.39 is 4.92 Å². The van der Waals surface area contributed by atoms with Crippen LogP contribution in [0.15, 0.2) is 21.5 Å². The molecule has 1 aromatic heterocycles. The van der Waals surface area contributed by atoms with Gasteiger partial charge in [0, 0.05) is 18.2 Å². The largest absolute Gasteiger partial charge is 0.312 e. The smallest absolute Gasteiger partial charge is 0.286 e. The highest BCUT2D eigenvalue weighted by atomic mass is 79.9. The van der Waals surface area contributed by atoms with Gasteiger partial charge in [-0.15, -0.1) is 0 Å². The maximum atomic E-state index is 12.0. The van der Waals surface area contributed by atoms with Crippen LogP contribution in [0.5, 0.6) is 0 Å². The molecule has 0 aliphatic carbocycles. The number of rotatable bonds is 5. The predicted octanol–water partition coefficient (Wildman–Crippen LogP) is 2.54. The molecule has 6 nitrogen and oxygen atoms in total. The minimum absolute atomic E-state index is 0.00247. The van der Waals surface area contributed by atoms with Crippen LogP contribution < -0.4 is 10.9 Å². The van der Waals surface area contributed by atoms with Gasteiger partial charge in [-0.1, -0.05) is 6.92 Å². The van der Waals surface area contributed by atoms with Crippen molar-refractivity contribution in [3.05, 3.63) is 37.2 Å². The number of pyridine rings is 1. The van der Waals surface area contributed by atoms with Crippen molar-refractivity contribution in [3.63, 3.8) is 0 Å². The Balaban J connectivity index is 2.86. The first-order chi connectivity index (χ1) is 9.10. The van der Waals surface area contributed by atoms with Gasteiger partial charge < -0.3 is 9.88 Å². The van der Waals surface area contributed by atoms with E-state index in [1.54, 1.807) is 0 Å². The number of nitrogens with one attached hydrogen (secondary N) is 1. The summed E-state index contributed by atoms with van der Waals surface area (Å²) in [4.78, 5) is 22.3. The molecule has 0 saturated heterocycles. The minimum Gasteiger partial charge on any atom is -0.312 e. The van der Waals surface area contributed by atoms with Gasteiger partial charge in [-0.3, -0.25) is 14.9 Å². The second-order valence-corrected chi connectivity index (χ2v) is 6.85. The fourth-order valence-corrected chi connectivity index (χ4v) is 2.16. The highest BCUT2D eigenvalue weighted by molar-refractivity contribution is 9.10. The van der Waals surface area contributed by atoms with Crippen molar-refractivity contribution in [1.29, 1.82) is 0 Å². The van der Waals surface area contributed by atoms with E-state index in [0.29, 0.717) is 6.54 Å². The Labute approximate surface area is 126 Å². The average Bonchev–Trinajstić information content (AvgIpc) is 2.31. The van der Waals surface area contributed by atoms with E-state index in [1.807, 2.05) is 6.92 Å². The molecule has 0 aliphatic rings. The lowest BCUT2D eigenvalue weighted by Crippen LogP contribution is -2.40. The quantitative estimate of drug-likeness (QED) is 0.657. The minimum atomic E-state index is -0.501. The molecule has 0 radical (unpaired) electrons. The first kappa shape index (κ1) is 16.8. The zero-order valence-electron chi connectivity index (χ0n) is 12.1. The van der Waals surface area contributed by atoms with E-state index in [0.717, 1.165) is 6.54 Å². The maximum Gasteiger partial charge on any atom is 0.286 e. The van der Waals surface area contributed by atoms with Crippen LogP contribution in [-0.2, 0) is 6.54 Å². The molecule has 0 aliphatic heterocycles. The molecular weight excluding hydrogens is 326 g/mol. The second kappa shape index (κ2) is 6.49. The van der Waals surface area contributed by atoms with E-state index in [9.17, 15) is 14.9 Å². The van der Waals surface area contributed by atoms with Crippen molar-refractivity contribution in [2.75, 3.05) is 6.54 Å². The summed E-state index contributed by atoms with van der Waals surface area (Å²) in [7, 11) is 0. The van der Waals surface area contributed by atoms with E-state index in [-0.39, 0.29) is 27.2 Å². The molecule has 0 bridgehead atoms. The number of aromatic nitrogens is 1. The third-order valence-electron chi connectivity index (χ3n) is 2.73. The number of hydrogen-bond acceptors (Lipinski definition) is 4.